The first-order valence-corrected chi connectivity index (χ1v) is 11.8. The molecule has 0 saturated carbocycles. The SMILES string of the molecule is CCCOc1cccc(N2C(=O)C(=O)/C(=C(/O)c3c[nH]c4ccccc34)C2c2ccccc2OC)c1. The van der Waals surface area contributed by atoms with Crippen LogP contribution in [0, 0.1) is 0 Å². The highest BCUT2D eigenvalue weighted by Crippen LogP contribution is 2.45. The Labute approximate surface area is 208 Å². The number of anilines is 1. The largest absolute Gasteiger partial charge is 0.507 e. The highest BCUT2D eigenvalue weighted by atomic mass is 16.5. The lowest BCUT2D eigenvalue weighted by atomic mass is 9.94. The first-order valence-electron chi connectivity index (χ1n) is 11.8. The third-order valence-corrected chi connectivity index (χ3v) is 6.29. The van der Waals surface area contributed by atoms with Crippen LogP contribution < -0.4 is 14.4 Å². The van der Waals surface area contributed by atoms with Gasteiger partial charge in [0.05, 0.1) is 25.3 Å². The minimum atomic E-state index is -0.906. The molecule has 2 heterocycles. The Morgan fingerprint density at radius 3 is 2.61 bits per heavy atom. The first kappa shape index (κ1) is 23.2. The quantitative estimate of drug-likeness (QED) is 0.203. The number of para-hydroxylation sites is 2. The number of carbonyl (C=O) groups is 2. The number of benzene rings is 3. The lowest BCUT2D eigenvalue weighted by Crippen LogP contribution is -2.29. The van der Waals surface area contributed by atoms with Crippen LogP contribution in [-0.4, -0.2) is 35.5 Å². The third kappa shape index (κ3) is 3.88. The number of hydrogen-bond acceptors (Lipinski definition) is 5. The summed E-state index contributed by atoms with van der Waals surface area (Å²) in [6.07, 6.45) is 2.48. The summed E-state index contributed by atoms with van der Waals surface area (Å²) >= 11 is 0. The fourth-order valence-corrected chi connectivity index (χ4v) is 4.64. The molecule has 5 rings (SSSR count). The molecule has 0 radical (unpaired) electrons. The van der Waals surface area contributed by atoms with E-state index in [4.69, 9.17) is 9.47 Å². The molecule has 182 valence electrons. The van der Waals surface area contributed by atoms with Crippen LogP contribution in [0.15, 0.2) is 84.6 Å². The molecule has 1 aliphatic heterocycles. The molecule has 1 fully saturated rings. The Hall–Kier alpha value is -4.52. The normalized spacial score (nSPS) is 17.1. The van der Waals surface area contributed by atoms with Crippen molar-refractivity contribution in [3.63, 3.8) is 0 Å². The molecular weight excluding hydrogens is 456 g/mol. The number of amides is 1. The zero-order valence-electron chi connectivity index (χ0n) is 20.0. The number of fused-ring (bicyclic) bond motifs is 1. The summed E-state index contributed by atoms with van der Waals surface area (Å²) in [5.41, 5.74) is 2.32. The third-order valence-electron chi connectivity index (χ3n) is 6.29. The van der Waals surface area contributed by atoms with Crippen LogP contribution in [0.4, 0.5) is 5.69 Å². The van der Waals surface area contributed by atoms with Gasteiger partial charge in [-0.1, -0.05) is 49.4 Å². The number of aliphatic hydroxyl groups is 1. The van der Waals surface area contributed by atoms with Gasteiger partial charge in [0, 0.05) is 40.0 Å². The molecule has 7 nitrogen and oxygen atoms in total. The van der Waals surface area contributed by atoms with Crippen LogP contribution in [0.3, 0.4) is 0 Å². The van der Waals surface area contributed by atoms with Gasteiger partial charge in [-0.15, -0.1) is 0 Å². The van der Waals surface area contributed by atoms with Crippen LogP contribution in [0.5, 0.6) is 11.5 Å². The number of aromatic amines is 1. The molecular formula is C29H26N2O5. The Kier molecular flexibility index (Phi) is 6.21. The van der Waals surface area contributed by atoms with Gasteiger partial charge in [0.1, 0.15) is 17.3 Å². The molecule has 1 amide bonds. The highest BCUT2D eigenvalue weighted by molar-refractivity contribution is 6.52. The molecule has 1 unspecified atom stereocenters. The predicted octanol–water partition coefficient (Wildman–Crippen LogP) is 5.59. The van der Waals surface area contributed by atoms with Crippen molar-refractivity contribution in [1.29, 1.82) is 0 Å². The molecule has 2 N–H and O–H groups in total. The number of aromatic nitrogens is 1. The van der Waals surface area contributed by atoms with Crippen LogP contribution >= 0.6 is 0 Å². The van der Waals surface area contributed by atoms with Gasteiger partial charge in [0.2, 0.25) is 0 Å². The predicted molar refractivity (Wildman–Crippen MR) is 138 cm³/mol. The van der Waals surface area contributed by atoms with E-state index in [9.17, 15) is 14.7 Å². The summed E-state index contributed by atoms with van der Waals surface area (Å²) in [6, 6.07) is 20.8. The minimum Gasteiger partial charge on any atom is -0.507 e. The molecule has 0 aliphatic carbocycles. The smallest absolute Gasteiger partial charge is 0.300 e. The highest BCUT2D eigenvalue weighted by Gasteiger charge is 2.48. The molecule has 1 aliphatic rings. The molecule has 4 aromatic rings. The van der Waals surface area contributed by atoms with Crippen LogP contribution in [0.2, 0.25) is 0 Å². The lowest BCUT2D eigenvalue weighted by Gasteiger charge is -2.27. The fourth-order valence-electron chi connectivity index (χ4n) is 4.64. The summed E-state index contributed by atoms with van der Waals surface area (Å²) in [5, 5.41) is 12.3. The maximum absolute atomic E-state index is 13.5. The number of hydrogen-bond donors (Lipinski definition) is 2. The lowest BCUT2D eigenvalue weighted by molar-refractivity contribution is -0.132. The molecule has 1 aromatic heterocycles. The molecule has 7 heteroatoms. The van der Waals surface area contributed by atoms with Crippen molar-refractivity contribution in [2.24, 2.45) is 0 Å². The van der Waals surface area contributed by atoms with Crippen LogP contribution in [0.1, 0.15) is 30.5 Å². The molecule has 1 atom stereocenters. The van der Waals surface area contributed by atoms with E-state index in [0.717, 1.165) is 17.3 Å². The van der Waals surface area contributed by atoms with Crippen molar-refractivity contribution in [3.8, 4) is 11.5 Å². The van der Waals surface area contributed by atoms with Gasteiger partial charge >= 0.3 is 0 Å². The number of Topliss-reactive ketones (excluding diaryl/α,β-unsaturated/α-hetero) is 1. The van der Waals surface area contributed by atoms with Crippen molar-refractivity contribution < 1.29 is 24.2 Å². The fraction of sp³-hybridized carbons (Fsp3) is 0.172. The number of carbonyl (C=O) groups excluding carboxylic acids is 2. The maximum Gasteiger partial charge on any atom is 0.300 e. The van der Waals surface area contributed by atoms with E-state index in [-0.39, 0.29) is 11.3 Å². The van der Waals surface area contributed by atoms with Gasteiger partial charge in [-0.05, 0) is 30.7 Å². The van der Waals surface area contributed by atoms with Gasteiger partial charge < -0.3 is 19.6 Å². The van der Waals surface area contributed by atoms with Crippen molar-refractivity contribution in [3.05, 3.63) is 95.7 Å². The van der Waals surface area contributed by atoms with Crippen LogP contribution in [0.25, 0.3) is 16.7 Å². The maximum atomic E-state index is 13.5. The molecule has 0 spiro atoms. The van der Waals surface area contributed by atoms with E-state index >= 15 is 0 Å². The molecule has 1 saturated heterocycles. The topological polar surface area (TPSA) is 91.9 Å². The second kappa shape index (κ2) is 9.62. The number of methoxy groups -OCH3 is 1. The zero-order chi connectivity index (χ0) is 25.2. The zero-order valence-corrected chi connectivity index (χ0v) is 20.0. The van der Waals surface area contributed by atoms with Gasteiger partial charge in [-0.2, -0.15) is 0 Å². The summed E-state index contributed by atoms with van der Waals surface area (Å²) < 4.78 is 11.4. The minimum absolute atomic E-state index is 0.00543. The van der Waals surface area contributed by atoms with E-state index in [1.807, 2.05) is 43.3 Å². The van der Waals surface area contributed by atoms with Crippen molar-refractivity contribution >= 4 is 34.0 Å². The van der Waals surface area contributed by atoms with E-state index in [2.05, 4.69) is 4.98 Å². The number of aliphatic hydroxyl groups excluding tert-OH is 1. The van der Waals surface area contributed by atoms with E-state index < -0.39 is 17.7 Å². The Morgan fingerprint density at radius 1 is 1.03 bits per heavy atom. The van der Waals surface area contributed by atoms with Gasteiger partial charge in [-0.25, -0.2) is 0 Å². The summed E-state index contributed by atoms with van der Waals surface area (Å²) in [7, 11) is 1.53. The number of H-pyrrole nitrogens is 1. The Bertz CT molecular complexity index is 1490. The Morgan fingerprint density at radius 2 is 1.81 bits per heavy atom. The van der Waals surface area contributed by atoms with E-state index in [1.54, 1.807) is 42.6 Å². The average molecular weight is 483 g/mol. The summed E-state index contributed by atoms with van der Waals surface area (Å²) in [5.74, 6) is -0.666. The standard InChI is InChI=1S/C29H26N2O5/c1-3-15-36-19-10-8-9-18(16-19)31-26(21-12-5-7-14-24(21)35-2)25(28(33)29(31)34)27(32)22-17-30-23-13-6-4-11-20(22)23/h4-14,16-17,26,30,32H,3,15H2,1-2H3/b27-25+. The summed E-state index contributed by atoms with van der Waals surface area (Å²) in [4.78, 5) is 31.5. The first-order chi connectivity index (χ1) is 17.5. The van der Waals surface area contributed by atoms with Crippen molar-refractivity contribution in [2.75, 3.05) is 18.6 Å². The van der Waals surface area contributed by atoms with E-state index in [1.165, 1.54) is 12.0 Å². The van der Waals surface area contributed by atoms with Gasteiger partial charge in [-0.3, -0.25) is 14.5 Å². The number of ketones is 1. The van der Waals surface area contributed by atoms with Crippen LogP contribution in [-0.2, 0) is 9.59 Å². The molecule has 3 aromatic carbocycles. The average Bonchev–Trinajstić information content (AvgIpc) is 3.46. The monoisotopic (exact) mass is 482 g/mol. The van der Waals surface area contributed by atoms with Crippen molar-refractivity contribution in [1.82, 2.24) is 4.98 Å². The van der Waals surface area contributed by atoms with E-state index in [0.29, 0.717) is 34.9 Å². The number of nitrogens with one attached hydrogen (secondary N) is 1. The molecule has 0 bridgehead atoms. The number of nitrogens with zero attached hydrogens (tertiary/aromatic N) is 1. The number of rotatable bonds is 7. The van der Waals surface area contributed by atoms with Gasteiger partial charge in [0.25, 0.3) is 11.7 Å². The second-order valence-electron chi connectivity index (χ2n) is 8.50. The molecule has 36 heavy (non-hydrogen) atoms. The summed E-state index contributed by atoms with van der Waals surface area (Å²) in [6.45, 7) is 2.54. The second-order valence-corrected chi connectivity index (χ2v) is 8.50. The number of ether oxygens (including phenoxy) is 2. The van der Waals surface area contributed by atoms with Crippen molar-refractivity contribution in [2.45, 2.75) is 19.4 Å². The Balaban J connectivity index is 1.73. The van der Waals surface area contributed by atoms with Gasteiger partial charge in [0.15, 0.2) is 0 Å².